The number of amides is 3. The van der Waals surface area contributed by atoms with E-state index in [9.17, 15) is 14.4 Å². The van der Waals surface area contributed by atoms with Gasteiger partial charge in [0.15, 0.2) is 6.61 Å². The van der Waals surface area contributed by atoms with E-state index in [1.807, 2.05) is 12.1 Å². The highest BCUT2D eigenvalue weighted by Gasteiger charge is 2.28. The van der Waals surface area contributed by atoms with Crippen molar-refractivity contribution in [3.63, 3.8) is 0 Å². The van der Waals surface area contributed by atoms with Crippen molar-refractivity contribution in [1.82, 2.24) is 10.2 Å². The Morgan fingerprint density at radius 3 is 2.86 bits per heavy atom. The first kappa shape index (κ1) is 20.1. The first-order chi connectivity index (χ1) is 13.6. The summed E-state index contributed by atoms with van der Waals surface area (Å²) in [5.41, 5.74) is 6.21. The van der Waals surface area contributed by atoms with Crippen LogP contribution in [0.25, 0.3) is 0 Å². The van der Waals surface area contributed by atoms with E-state index < -0.39 is 0 Å². The lowest BCUT2D eigenvalue weighted by Crippen LogP contribution is -2.47. The van der Waals surface area contributed by atoms with Crippen LogP contribution < -0.4 is 20.7 Å². The van der Waals surface area contributed by atoms with Crippen LogP contribution in [0.15, 0.2) is 24.3 Å². The summed E-state index contributed by atoms with van der Waals surface area (Å²) in [6.07, 6.45) is 2.99. The number of nitrogens with one attached hydrogen (secondary N) is 1. The molecule has 2 saturated heterocycles. The molecule has 1 aromatic rings. The van der Waals surface area contributed by atoms with E-state index >= 15 is 0 Å². The van der Waals surface area contributed by atoms with Crippen molar-refractivity contribution in [2.45, 2.75) is 25.7 Å². The second kappa shape index (κ2) is 9.54. The number of piperidine rings is 1. The van der Waals surface area contributed by atoms with Crippen molar-refractivity contribution in [1.29, 1.82) is 0 Å². The van der Waals surface area contributed by atoms with Gasteiger partial charge in [-0.25, -0.2) is 0 Å². The Morgan fingerprint density at radius 2 is 2.11 bits per heavy atom. The van der Waals surface area contributed by atoms with E-state index in [1.54, 1.807) is 21.9 Å². The molecule has 1 aromatic carbocycles. The van der Waals surface area contributed by atoms with Gasteiger partial charge in [0.05, 0.1) is 5.92 Å². The zero-order chi connectivity index (χ0) is 19.9. The van der Waals surface area contributed by atoms with Crippen molar-refractivity contribution in [2.24, 2.45) is 11.7 Å². The molecule has 8 heteroatoms. The van der Waals surface area contributed by atoms with Crippen LogP contribution in [0.1, 0.15) is 25.7 Å². The SMILES string of the molecule is NCCNC(=O)C1CCCN(C(=O)COc2cccc(N3CCCC3=O)c2)C1. The number of likely N-dealkylation sites (tertiary alicyclic amines) is 1. The first-order valence-electron chi connectivity index (χ1n) is 9.87. The smallest absolute Gasteiger partial charge is 0.260 e. The second-order valence-electron chi connectivity index (χ2n) is 7.19. The summed E-state index contributed by atoms with van der Waals surface area (Å²) in [4.78, 5) is 40.0. The molecule has 152 valence electrons. The zero-order valence-electron chi connectivity index (χ0n) is 16.1. The van der Waals surface area contributed by atoms with Gasteiger partial charge in [0.25, 0.3) is 5.91 Å². The number of carbonyl (C=O) groups is 3. The standard InChI is InChI=1S/C20H28N4O4/c21-8-9-22-20(27)15-4-2-10-23(13-15)19(26)14-28-17-6-1-5-16(12-17)24-11-3-7-18(24)25/h1,5-6,12,15H,2-4,7-11,13-14,21H2,(H,22,27). The van der Waals surface area contributed by atoms with Gasteiger partial charge in [0.2, 0.25) is 11.8 Å². The number of ether oxygens (including phenoxy) is 1. The molecule has 0 aromatic heterocycles. The maximum Gasteiger partial charge on any atom is 0.260 e. The predicted molar refractivity (Wildman–Crippen MR) is 105 cm³/mol. The van der Waals surface area contributed by atoms with Gasteiger partial charge in [-0.3, -0.25) is 14.4 Å². The monoisotopic (exact) mass is 388 g/mol. The van der Waals surface area contributed by atoms with Gasteiger partial charge < -0.3 is 25.6 Å². The molecule has 2 fully saturated rings. The fourth-order valence-corrected chi connectivity index (χ4v) is 3.66. The molecular formula is C20H28N4O4. The number of benzene rings is 1. The quantitative estimate of drug-likeness (QED) is 0.708. The number of nitrogens with two attached hydrogens (primary N) is 1. The maximum atomic E-state index is 12.5. The highest BCUT2D eigenvalue weighted by molar-refractivity contribution is 5.95. The van der Waals surface area contributed by atoms with Crippen LogP contribution >= 0.6 is 0 Å². The van der Waals surface area contributed by atoms with Gasteiger partial charge in [-0.15, -0.1) is 0 Å². The number of rotatable bonds is 7. The van der Waals surface area contributed by atoms with Crippen molar-refractivity contribution < 1.29 is 19.1 Å². The molecule has 1 atom stereocenters. The second-order valence-corrected chi connectivity index (χ2v) is 7.19. The molecule has 0 spiro atoms. The van der Waals surface area contributed by atoms with Gasteiger partial charge in [-0.1, -0.05) is 6.07 Å². The fourth-order valence-electron chi connectivity index (χ4n) is 3.66. The van der Waals surface area contributed by atoms with Gasteiger partial charge in [-0.2, -0.15) is 0 Å². The highest BCUT2D eigenvalue weighted by atomic mass is 16.5. The van der Waals surface area contributed by atoms with Gasteiger partial charge in [0.1, 0.15) is 5.75 Å². The van der Waals surface area contributed by atoms with Crippen LogP contribution in [-0.2, 0) is 14.4 Å². The maximum absolute atomic E-state index is 12.5. The number of carbonyl (C=O) groups excluding carboxylic acids is 3. The third-order valence-corrected chi connectivity index (χ3v) is 5.15. The van der Waals surface area contributed by atoms with E-state index in [-0.39, 0.29) is 30.2 Å². The Balaban J connectivity index is 1.52. The highest BCUT2D eigenvalue weighted by Crippen LogP contribution is 2.25. The first-order valence-corrected chi connectivity index (χ1v) is 9.87. The number of hydrogen-bond donors (Lipinski definition) is 2. The topological polar surface area (TPSA) is 105 Å². The Labute approximate surface area is 165 Å². The molecule has 2 heterocycles. The summed E-state index contributed by atoms with van der Waals surface area (Å²) in [5, 5.41) is 2.79. The molecule has 3 N–H and O–H groups in total. The molecule has 8 nitrogen and oxygen atoms in total. The minimum absolute atomic E-state index is 0.0492. The van der Waals surface area contributed by atoms with E-state index in [4.69, 9.17) is 10.5 Å². The summed E-state index contributed by atoms with van der Waals surface area (Å²) < 4.78 is 5.67. The lowest BCUT2D eigenvalue weighted by molar-refractivity contribution is -0.137. The number of nitrogens with zero attached hydrogens (tertiary/aromatic N) is 2. The van der Waals surface area contributed by atoms with E-state index in [2.05, 4.69) is 5.32 Å². The van der Waals surface area contributed by atoms with Crippen LogP contribution in [0.2, 0.25) is 0 Å². The van der Waals surface area contributed by atoms with Gasteiger partial charge in [0, 0.05) is 50.9 Å². The molecule has 0 bridgehead atoms. The molecule has 2 aliphatic heterocycles. The molecule has 28 heavy (non-hydrogen) atoms. The average Bonchev–Trinajstić information content (AvgIpc) is 3.16. The minimum atomic E-state index is -0.200. The summed E-state index contributed by atoms with van der Waals surface area (Å²) in [7, 11) is 0. The van der Waals surface area contributed by atoms with Crippen LogP contribution in [0.3, 0.4) is 0 Å². The molecule has 0 saturated carbocycles. The summed E-state index contributed by atoms with van der Waals surface area (Å²) >= 11 is 0. The van der Waals surface area contributed by atoms with Crippen LogP contribution in [0.5, 0.6) is 5.75 Å². The van der Waals surface area contributed by atoms with E-state index in [1.165, 1.54) is 0 Å². The van der Waals surface area contributed by atoms with Crippen LogP contribution in [0, 0.1) is 5.92 Å². The van der Waals surface area contributed by atoms with E-state index in [0.717, 1.165) is 24.9 Å². The molecule has 0 radical (unpaired) electrons. The Bertz CT molecular complexity index is 724. The van der Waals surface area contributed by atoms with Gasteiger partial charge >= 0.3 is 0 Å². The number of hydrogen-bond acceptors (Lipinski definition) is 5. The third kappa shape index (κ3) is 5.01. The number of anilines is 1. The molecule has 2 aliphatic rings. The molecule has 0 aliphatic carbocycles. The molecular weight excluding hydrogens is 360 g/mol. The van der Waals surface area contributed by atoms with Crippen molar-refractivity contribution in [3.8, 4) is 5.75 Å². The van der Waals surface area contributed by atoms with Gasteiger partial charge in [-0.05, 0) is 31.4 Å². The lowest BCUT2D eigenvalue weighted by Gasteiger charge is -2.32. The Morgan fingerprint density at radius 1 is 1.25 bits per heavy atom. The van der Waals surface area contributed by atoms with Crippen molar-refractivity contribution in [3.05, 3.63) is 24.3 Å². The average molecular weight is 388 g/mol. The minimum Gasteiger partial charge on any atom is -0.484 e. The van der Waals surface area contributed by atoms with Crippen molar-refractivity contribution >= 4 is 23.4 Å². The normalized spacial score (nSPS) is 19.6. The van der Waals surface area contributed by atoms with Crippen LogP contribution in [0.4, 0.5) is 5.69 Å². The zero-order valence-corrected chi connectivity index (χ0v) is 16.1. The summed E-state index contributed by atoms with van der Waals surface area (Å²) in [6, 6.07) is 7.25. The molecule has 3 amide bonds. The summed E-state index contributed by atoms with van der Waals surface area (Å²) in [5.74, 6) is 0.278. The Hall–Kier alpha value is -2.61. The third-order valence-electron chi connectivity index (χ3n) is 5.15. The van der Waals surface area contributed by atoms with Crippen molar-refractivity contribution in [2.75, 3.05) is 44.2 Å². The Kier molecular flexibility index (Phi) is 6.86. The van der Waals surface area contributed by atoms with E-state index in [0.29, 0.717) is 44.9 Å². The fraction of sp³-hybridized carbons (Fsp3) is 0.550. The molecule has 3 rings (SSSR count). The molecule has 1 unspecified atom stereocenters. The van der Waals surface area contributed by atoms with Crippen LogP contribution in [-0.4, -0.2) is 62.0 Å². The lowest BCUT2D eigenvalue weighted by atomic mass is 9.97. The predicted octanol–water partition coefficient (Wildman–Crippen LogP) is 0.506. The largest absolute Gasteiger partial charge is 0.484 e. The summed E-state index contributed by atoms with van der Waals surface area (Å²) in [6.45, 7) is 2.50.